The van der Waals surface area contributed by atoms with Gasteiger partial charge in [0.25, 0.3) is 5.69 Å². The minimum absolute atomic E-state index is 0. The molecule has 0 aliphatic carbocycles. The molecule has 22 heavy (non-hydrogen) atoms. The zero-order valence-corrected chi connectivity index (χ0v) is 13.6. The number of aliphatic carboxylic acids is 1. The molecular formula is C14H21ClN2O5. The maximum atomic E-state index is 10.9. The van der Waals surface area contributed by atoms with Crippen LogP contribution in [0.2, 0.25) is 0 Å². The molecule has 0 heterocycles. The molecule has 0 unspecified atom stereocenters. The van der Waals surface area contributed by atoms with Crippen molar-refractivity contribution in [2.24, 2.45) is 0 Å². The SMILES string of the molecule is CC(C)Oc1ccc([N+](=O)[O-])cc1CN(C)CCC(=O)O.Cl. The predicted molar refractivity (Wildman–Crippen MR) is 84.7 cm³/mol. The first-order valence-electron chi connectivity index (χ1n) is 6.64. The summed E-state index contributed by atoms with van der Waals surface area (Å²) in [4.78, 5) is 22.8. The quantitative estimate of drug-likeness (QED) is 0.581. The van der Waals surface area contributed by atoms with Crippen molar-refractivity contribution in [1.29, 1.82) is 0 Å². The molecule has 0 atom stereocenters. The van der Waals surface area contributed by atoms with Gasteiger partial charge in [-0.1, -0.05) is 0 Å². The standard InChI is InChI=1S/C14H20N2O5.ClH/c1-10(2)21-13-5-4-12(16(19)20)8-11(13)9-15(3)7-6-14(17)18;/h4-5,8,10H,6-7,9H2,1-3H3,(H,17,18);1H. The topological polar surface area (TPSA) is 92.9 Å². The van der Waals surface area contributed by atoms with Gasteiger partial charge in [-0.05, 0) is 27.0 Å². The van der Waals surface area contributed by atoms with E-state index in [2.05, 4.69) is 0 Å². The van der Waals surface area contributed by atoms with E-state index in [4.69, 9.17) is 9.84 Å². The van der Waals surface area contributed by atoms with Crippen molar-refractivity contribution in [3.8, 4) is 5.75 Å². The highest BCUT2D eigenvalue weighted by Gasteiger charge is 2.14. The molecule has 1 N–H and O–H groups in total. The van der Waals surface area contributed by atoms with Crippen LogP contribution in [-0.2, 0) is 11.3 Å². The van der Waals surface area contributed by atoms with Gasteiger partial charge in [-0.15, -0.1) is 12.4 Å². The van der Waals surface area contributed by atoms with Crippen molar-refractivity contribution >= 4 is 24.1 Å². The lowest BCUT2D eigenvalue weighted by Gasteiger charge is -2.19. The molecule has 0 fully saturated rings. The van der Waals surface area contributed by atoms with E-state index in [-0.39, 0.29) is 30.6 Å². The zero-order valence-electron chi connectivity index (χ0n) is 12.8. The second-order valence-electron chi connectivity index (χ2n) is 5.10. The van der Waals surface area contributed by atoms with E-state index in [1.165, 1.54) is 12.1 Å². The Bertz CT molecular complexity index is 522. The molecule has 7 nitrogen and oxygen atoms in total. The number of carbonyl (C=O) groups is 1. The third-order valence-corrected chi connectivity index (χ3v) is 2.77. The fraction of sp³-hybridized carbons (Fsp3) is 0.500. The molecule has 0 amide bonds. The van der Waals surface area contributed by atoms with E-state index in [0.29, 0.717) is 24.4 Å². The van der Waals surface area contributed by atoms with Gasteiger partial charge in [0, 0.05) is 30.8 Å². The number of ether oxygens (including phenoxy) is 1. The van der Waals surface area contributed by atoms with Crippen LogP contribution in [0, 0.1) is 10.1 Å². The van der Waals surface area contributed by atoms with Crippen LogP contribution < -0.4 is 4.74 Å². The van der Waals surface area contributed by atoms with Gasteiger partial charge in [0.1, 0.15) is 5.75 Å². The van der Waals surface area contributed by atoms with Gasteiger partial charge in [0.2, 0.25) is 0 Å². The normalized spacial score (nSPS) is 10.4. The Morgan fingerprint density at radius 2 is 2.09 bits per heavy atom. The number of non-ortho nitro benzene ring substituents is 1. The summed E-state index contributed by atoms with van der Waals surface area (Å²) in [5.74, 6) is -0.294. The van der Waals surface area contributed by atoms with Gasteiger partial charge in [-0.2, -0.15) is 0 Å². The summed E-state index contributed by atoms with van der Waals surface area (Å²) < 4.78 is 5.64. The maximum absolute atomic E-state index is 10.9. The number of hydrogen-bond acceptors (Lipinski definition) is 5. The minimum Gasteiger partial charge on any atom is -0.491 e. The summed E-state index contributed by atoms with van der Waals surface area (Å²) in [5, 5.41) is 19.5. The molecular weight excluding hydrogens is 312 g/mol. The lowest BCUT2D eigenvalue weighted by Crippen LogP contribution is -2.22. The van der Waals surface area contributed by atoms with E-state index < -0.39 is 10.9 Å². The highest BCUT2D eigenvalue weighted by Crippen LogP contribution is 2.26. The van der Waals surface area contributed by atoms with Crippen LogP contribution in [0.1, 0.15) is 25.8 Å². The van der Waals surface area contributed by atoms with Crippen molar-refractivity contribution in [3.05, 3.63) is 33.9 Å². The fourth-order valence-electron chi connectivity index (χ4n) is 1.83. The molecule has 1 rings (SSSR count). The van der Waals surface area contributed by atoms with Gasteiger partial charge in [0.15, 0.2) is 0 Å². The number of hydrogen-bond donors (Lipinski definition) is 1. The Hall–Kier alpha value is -1.86. The smallest absolute Gasteiger partial charge is 0.304 e. The third kappa shape index (κ3) is 6.73. The number of nitro groups is 1. The molecule has 1 aromatic carbocycles. The number of carboxylic acids is 1. The Kier molecular flexibility index (Phi) is 8.44. The zero-order chi connectivity index (χ0) is 16.0. The van der Waals surface area contributed by atoms with Gasteiger partial charge in [-0.25, -0.2) is 0 Å². The van der Waals surface area contributed by atoms with Gasteiger partial charge in [-0.3, -0.25) is 14.9 Å². The molecule has 1 aromatic rings. The highest BCUT2D eigenvalue weighted by molar-refractivity contribution is 5.85. The first kappa shape index (κ1) is 20.1. The van der Waals surface area contributed by atoms with Crippen LogP contribution in [0.3, 0.4) is 0 Å². The van der Waals surface area contributed by atoms with Crippen molar-refractivity contribution in [3.63, 3.8) is 0 Å². The Morgan fingerprint density at radius 1 is 1.45 bits per heavy atom. The molecule has 0 aromatic heterocycles. The van der Waals surface area contributed by atoms with E-state index in [9.17, 15) is 14.9 Å². The van der Waals surface area contributed by atoms with Gasteiger partial charge >= 0.3 is 5.97 Å². The summed E-state index contributed by atoms with van der Waals surface area (Å²) in [7, 11) is 1.76. The second kappa shape index (κ2) is 9.22. The second-order valence-corrected chi connectivity index (χ2v) is 5.10. The summed E-state index contributed by atoms with van der Waals surface area (Å²) in [6, 6.07) is 4.45. The summed E-state index contributed by atoms with van der Waals surface area (Å²) in [6.07, 6.45) is -0.0271. The average Bonchev–Trinajstić information content (AvgIpc) is 2.37. The predicted octanol–water partition coefficient (Wildman–Crippen LogP) is 2.71. The monoisotopic (exact) mass is 332 g/mol. The van der Waals surface area contributed by atoms with Gasteiger partial charge < -0.3 is 14.7 Å². The number of nitrogens with zero attached hydrogens (tertiary/aromatic N) is 2. The molecule has 0 bridgehead atoms. The number of halogens is 1. The Morgan fingerprint density at radius 3 is 2.59 bits per heavy atom. The molecule has 8 heteroatoms. The molecule has 0 radical (unpaired) electrons. The number of nitro benzene ring substituents is 1. The largest absolute Gasteiger partial charge is 0.491 e. The molecule has 0 saturated carbocycles. The van der Waals surface area contributed by atoms with Crippen molar-refractivity contribution < 1.29 is 19.6 Å². The van der Waals surface area contributed by atoms with Crippen LogP contribution in [-0.4, -0.2) is 40.6 Å². The summed E-state index contributed by atoms with van der Waals surface area (Å²) in [6.45, 7) is 4.49. The first-order valence-corrected chi connectivity index (χ1v) is 6.64. The number of carboxylic acid groups (broad SMARTS) is 1. The van der Waals surface area contributed by atoms with Crippen LogP contribution in [0.15, 0.2) is 18.2 Å². The van der Waals surface area contributed by atoms with Crippen LogP contribution in [0.25, 0.3) is 0 Å². The van der Waals surface area contributed by atoms with E-state index in [1.807, 2.05) is 13.8 Å². The first-order chi connectivity index (χ1) is 9.79. The van der Waals surface area contributed by atoms with Crippen molar-refractivity contribution in [2.75, 3.05) is 13.6 Å². The third-order valence-electron chi connectivity index (χ3n) is 2.77. The lowest BCUT2D eigenvalue weighted by atomic mass is 10.1. The lowest BCUT2D eigenvalue weighted by molar-refractivity contribution is -0.385. The van der Waals surface area contributed by atoms with E-state index >= 15 is 0 Å². The Balaban J connectivity index is 0.00000441. The fourth-order valence-corrected chi connectivity index (χ4v) is 1.83. The van der Waals surface area contributed by atoms with Crippen LogP contribution in [0.5, 0.6) is 5.75 Å². The van der Waals surface area contributed by atoms with Crippen LogP contribution >= 0.6 is 12.4 Å². The molecule has 0 spiro atoms. The van der Waals surface area contributed by atoms with E-state index in [1.54, 1.807) is 18.0 Å². The van der Waals surface area contributed by atoms with Crippen molar-refractivity contribution in [2.45, 2.75) is 32.9 Å². The maximum Gasteiger partial charge on any atom is 0.304 e. The molecule has 0 aliphatic rings. The highest BCUT2D eigenvalue weighted by atomic mass is 35.5. The van der Waals surface area contributed by atoms with Crippen LogP contribution in [0.4, 0.5) is 5.69 Å². The molecule has 0 aliphatic heterocycles. The Labute approximate surface area is 135 Å². The van der Waals surface area contributed by atoms with E-state index in [0.717, 1.165) is 0 Å². The molecule has 124 valence electrons. The van der Waals surface area contributed by atoms with Gasteiger partial charge in [0.05, 0.1) is 17.4 Å². The average molecular weight is 333 g/mol. The number of benzene rings is 1. The minimum atomic E-state index is -0.875. The molecule has 0 saturated heterocycles. The summed E-state index contributed by atoms with van der Waals surface area (Å²) in [5.41, 5.74) is 0.665. The van der Waals surface area contributed by atoms with Crippen molar-refractivity contribution in [1.82, 2.24) is 4.90 Å². The summed E-state index contributed by atoms with van der Waals surface area (Å²) >= 11 is 0. The number of rotatable bonds is 8.